The Balaban J connectivity index is 0.000000686. The Hall–Kier alpha value is -0.380. The van der Waals surface area contributed by atoms with Crippen molar-refractivity contribution in [3.8, 4) is 0 Å². The van der Waals surface area contributed by atoms with Crippen LogP contribution in [-0.2, 0) is 9.47 Å². The van der Waals surface area contributed by atoms with E-state index in [-0.39, 0.29) is 6.29 Å². The van der Waals surface area contributed by atoms with E-state index in [0.717, 1.165) is 10.0 Å². The van der Waals surface area contributed by atoms with E-state index in [1.165, 1.54) is 5.56 Å². The van der Waals surface area contributed by atoms with Gasteiger partial charge in [0.2, 0.25) is 0 Å². The summed E-state index contributed by atoms with van der Waals surface area (Å²) in [5.74, 6) is 0.516. The SMILES string of the molecule is CC.CC(C)c1cc(Br)cc(C2OCCO2)c1. The molecule has 0 aliphatic carbocycles. The molecule has 0 bridgehead atoms. The summed E-state index contributed by atoms with van der Waals surface area (Å²) >= 11 is 3.52. The first kappa shape index (κ1) is 14.7. The first-order valence-corrected chi connectivity index (χ1v) is 6.99. The molecule has 96 valence electrons. The third-order valence-electron chi connectivity index (χ3n) is 2.50. The molecule has 1 aliphatic rings. The number of halogens is 1. The summed E-state index contributed by atoms with van der Waals surface area (Å²) in [6, 6.07) is 6.36. The third kappa shape index (κ3) is 4.09. The third-order valence-corrected chi connectivity index (χ3v) is 2.96. The molecule has 17 heavy (non-hydrogen) atoms. The summed E-state index contributed by atoms with van der Waals surface area (Å²) < 4.78 is 12.1. The van der Waals surface area contributed by atoms with E-state index >= 15 is 0 Å². The number of benzene rings is 1. The lowest BCUT2D eigenvalue weighted by Crippen LogP contribution is -2.00. The van der Waals surface area contributed by atoms with Crippen molar-refractivity contribution in [1.82, 2.24) is 0 Å². The van der Waals surface area contributed by atoms with Crippen LogP contribution in [0.5, 0.6) is 0 Å². The maximum atomic E-state index is 5.49. The molecule has 0 spiro atoms. The van der Waals surface area contributed by atoms with Crippen LogP contribution in [0.4, 0.5) is 0 Å². The predicted octanol–water partition coefficient (Wildman–Crippen LogP) is 4.64. The number of rotatable bonds is 2. The Kier molecular flexibility index (Phi) is 6.17. The van der Waals surface area contributed by atoms with Crippen molar-refractivity contribution in [1.29, 1.82) is 0 Å². The molecule has 2 rings (SSSR count). The summed E-state index contributed by atoms with van der Waals surface area (Å²) in [6.07, 6.45) is -0.181. The second kappa shape index (κ2) is 7.14. The van der Waals surface area contributed by atoms with Crippen molar-refractivity contribution in [3.05, 3.63) is 33.8 Å². The van der Waals surface area contributed by atoms with Crippen molar-refractivity contribution < 1.29 is 9.47 Å². The molecule has 0 radical (unpaired) electrons. The molecule has 1 fully saturated rings. The fourth-order valence-electron chi connectivity index (χ4n) is 1.66. The normalized spacial score (nSPS) is 15.9. The van der Waals surface area contributed by atoms with Crippen LogP contribution in [0.2, 0.25) is 0 Å². The largest absolute Gasteiger partial charge is 0.346 e. The quantitative estimate of drug-likeness (QED) is 0.792. The zero-order chi connectivity index (χ0) is 12.8. The van der Waals surface area contributed by atoms with Gasteiger partial charge in [0.25, 0.3) is 0 Å². The van der Waals surface area contributed by atoms with Crippen LogP contribution in [0.25, 0.3) is 0 Å². The fourth-order valence-corrected chi connectivity index (χ4v) is 2.18. The number of hydrogen-bond acceptors (Lipinski definition) is 2. The fraction of sp³-hybridized carbons (Fsp3) is 0.571. The van der Waals surface area contributed by atoms with Crippen LogP contribution in [-0.4, -0.2) is 13.2 Å². The Morgan fingerprint density at radius 3 is 2.24 bits per heavy atom. The smallest absolute Gasteiger partial charge is 0.184 e. The van der Waals surface area contributed by atoms with E-state index in [2.05, 4.69) is 48.0 Å². The number of hydrogen-bond donors (Lipinski definition) is 0. The Morgan fingerprint density at radius 2 is 1.71 bits per heavy atom. The summed E-state index contributed by atoms with van der Waals surface area (Å²) in [5, 5.41) is 0. The van der Waals surface area contributed by atoms with E-state index in [1.807, 2.05) is 13.8 Å². The molecule has 0 unspecified atom stereocenters. The highest BCUT2D eigenvalue weighted by atomic mass is 79.9. The van der Waals surface area contributed by atoms with Gasteiger partial charge in [-0.2, -0.15) is 0 Å². The first-order valence-electron chi connectivity index (χ1n) is 6.20. The lowest BCUT2D eigenvalue weighted by molar-refractivity contribution is -0.0442. The van der Waals surface area contributed by atoms with Gasteiger partial charge in [-0.3, -0.25) is 0 Å². The van der Waals surface area contributed by atoms with Crippen molar-refractivity contribution >= 4 is 15.9 Å². The van der Waals surface area contributed by atoms with Gasteiger partial charge in [-0.15, -0.1) is 0 Å². The van der Waals surface area contributed by atoms with Crippen molar-refractivity contribution in [2.24, 2.45) is 0 Å². The molecule has 0 saturated carbocycles. The van der Waals surface area contributed by atoms with Crippen molar-refractivity contribution in [2.45, 2.75) is 39.9 Å². The molecule has 0 aromatic heterocycles. The zero-order valence-electron chi connectivity index (χ0n) is 11.0. The van der Waals surface area contributed by atoms with Crippen molar-refractivity contribution in [3.63, 3.8) is 0 Å². The van der Waals surface area contributed by atoms with E-state index in [0.29, 0.717) is 19.1 Å². The van der Waals surface area contributed by atoms with Gasteiger partial charge in [0.05, 0.1) is 13.2 Å². The maximum Gasteiger partial charge on any atom is 0.184 e. The molecule has 1 heterocycles. The lowest BCUT2D eigenvalue weighted by Gasteiger charge is -2.13. The Labute approximate surface area is 112 Å². The minimum Gasteiger partial charge on any atom is -0.346 e. The van der Waals surface area contributed by atoms with Gasteiger partial charge in [-0.1, -0.05) is 49.7 Å². The van der Waals surface area contributed by atoms with Crippen LogP contribution >= 0.6 is 15.9 Å². The Morgan fingerprint density at radius 1 is 1.12 bits per heavy atom. The molecule has 1 aromatic rings. The monoisotopic (exact) mass is 300 g/mol. The van der Waals surface area contributed by atoms with Crippen LogP contribution in [0.3, 0.4) is 0 Å². The van der Waals surface area contributed by atoms with E-state index < -0.39 is 0 Å². The molecule has 3 heteroatoms. The van der Waals surface area contributed by atoms with Gasteiger partial charge in [-0.05, 0) is 23.6 Å². The minimum absolute atomic E-state index is 0.181. The topological polar surface area (TPSA) is 18.5 Å². The summed E-state index contributed by atoms with van der Waals surface area (Å²) in [6.45, 7) is 9.74. The van der Waals surface area contributed by atoms with E-state index in [1.54, 1.807) is 0 Å². The summed E-state index contributed by atoms with van der Waals surface area (Å²) in [7, 11) is 0. The standard InChI is InChI=1S/C12H15BrO2.C2H6/c1-8(2)9-5-10(7-11(13)6-9)12-14-3-4-15-12;1-2/h5-8,12H,3-4H2,1-2H3;1-2H3. The molecule has 0 atom stereocenters. The highest BCUT2D eigenvalue weighted by Gasteiger charge is 2.19. The van der Waals surface area contributed by atoms with Crippen LogP contribution in [0, 0.1) is 0 Å². The zero-order valence-corrected chi connectivity index (χ0v) is 12.6. The van der Waals surface area contributed by atoms with Crippen LogP contribution in [0.1, 0.15) is 51.0 Å². The second-order valence-corrected chi connectivity index (χ2v) is 4.96. The number of ether oxygens (including phenoxy) is 2. The van der Waals surface area contributed by atoms with E-state index in [9.17, 15) is 0 Å². The Bertz CT molecular complexity index is 344. The highest BCUT2D eigenvalue weighted by molar-refractivity contribution is 9.10. The molecule has 2 nitrogen and oxygen atoms in total. The van der Waals surface area contributed by atoms with Crippen molar-refractivity contribution in [2.75, 3.05) is 13.2 Å². The average molecular weight is 301 g/mol. The van der Waals surface area contributed by atoms with Gasteiger partial charge in [0.1, 0.15) is 0 Å². The molecular formula is C14H21BrO2. The predicted molar refractivity (Wildman–Crippen MR) is 74.2 cm³/mol. The molecule has 1 aliphatic heterocycles. The highest BCUT2D eigenvalue weighted by Crippen LogP contribution is 2.29. The molecule has 0 N–H and O–H groups in total. The van der Waals surface area contributed by atoms with Gasteiger partial charge in [-0.25, -0.2) is 0 Å². The van der Waals surface area contributed by atoms with Gasteiger partial charge in [0, 0.05) is 10.0 Å². The summed E-state index contributed by atoms with van der Waals surface area (Å²) in [4.78, 5) is 0. The molecule has 1 aromatic carbocycles. The summed E-state index contributed by atoms with van der Waals surface area (Å²) in [5.41, 5.74) is 2.41. The molecule has 0 amide bonds. The minimum atomic E-state index is -0.181. The van der Waals surface area contributed by atoms with Gasteiger partial charge in [0.15, 0.2) is 6.29 Å². The molecule has 1 saturated heterocycles. The van der Waals surface area contributed by atoms with Crippen LogP contribution in [0.15, 0.2) is 22.7 Å². The lowest BCUT2D eigenvalue weighted by atomic mass is 10.0. The maximum absolute atomic E-state index is 5.49. The first-order chi connectivity index (χ1) is 8.16. The average Bonchev–Trinajstić information content (AvgIpc) is 2.84. The van der Waals surface area contributed by atoms with Gasteiger partial charge >= 0.3 is 0 Å². The molecular weight excluding hydrogens is 280 g/mol. The second-order valence-electron chi connectivity index (χ2n) is 4.05. The van der Waals surface area contributed by atoms with Crippen LogP contribution < -0.4 is 0 Å². The van der Waals surface area contributed by atoms with Gasteiger partial charge < -0.3 is 9.47 Å². The van der Waals surface area contributed by atoms with E-state index in [4.69, 9.17) is 9.47 Å².